The number of aromatic nitrogens is 7. The number of hydrogen-bond acceptors (Lipinski definition) is 19. The lowest BCUT2D eigenvalue weighted by molar-refractivity contribution is -0.0972. The summed E-state index contributed by atoms with van der Waals surface area (Å²) in [6.07, 6.45) is 6.12. The van der Waals surface area contributed by atoms with E-state index in [2.05, 4.69) is 63.2 Å². The molecule has 3 saturated heterocycles. The number of alkyl halides is 12. The van der Waals surface area contributed by atoms with Crippen molar-refractivity contribution >= 4 is 122 Å². The summed E-state index contributed by atoms with van der Waals surface area (Å²) in [5.74, 6) is -0.422. The summed E-state index contributed by atoms with van der Waals surface area (Å²) in [4.78, 5) is 62.2. The standard InChI is InChI=1S/2C21H18ClF3N4O2S.C20H17ClF3N5O2S/c1-12-9-29(10-18(12)23)19-17(14-8-27-32-11-14)6-13(7-26-19)20(30)28-15-2-4-16(5-3-15)31-21(22,24)25;1-12-10-29(11-17(12)23)19-16(18-6-7-27-32-18)8-13(9-26-19)20(30)28-14-2-4-15(5-3-14)31-21(22,24)25;1-11-8-29(9-16(11)22)17-15(19-26-10-27-32-19)6-12(7-25-17)18(30)28-13-2-4-14(5-3-13)31-20(21,23)24/h2-8,11-12,18H,9-10H2,1H3,(H,28,30);2-9,12,17H,10-11H2,1H3,(H,28,30);2-7,10-11,16H,8-9H2,1H3,(H,28,30). The van der Waals surface area contributed by atoms with Crippen molar-refractivity contribution in [3.8, 4) is 49.4 Å². The van der Waals surface area contributed by atoms with Crippen molar-refractivity contribution in [2.45, 2.75) is 56.0 Å². The fourth-order valence-electron chi connectivity index (χ4n) is 10.2. The van der Waals surface area contributed by atoms with E-state index in [1.165, 1.54) is 121 Å². The summed E-state index contributed by atoms with van der Waals surface area (Å²) in [5, 5.41) is 10.4. The first-order valence-corrected chi connectivity index (χ1v) is 32.4. The number of nitrogens with zero attached hydrogens (tertiary/aromatic N) is 10. The van der Waals surface area contributed by atoms with Gasteiger partial charge in [0.05, 0.1) is 46.8 Å². The van der Waals surface area contributed by atoms with Crippen molar-refractivity contribution in [2.75, 3.05) is 69.9 Å². The van der Waals surface area contributed by atoms with Crippen molar-refractivity contribution in [2.24, 2.45) is 17.8 Å². The van der Waals surface area contributed by atoms with E-state index in [1.54, 1.807) is 30.6 Å². The van der Waals surface area contributed by atoms with Crippen LogP contribution in [0.3, 0.4) is 0 Å². The number of amides is 3. The molecule has 34 heteroatoms. The fraction of sp³-hybridized carbons (Fsp3) is 0.290. The van der Waals surface area contributed by atoms with Crippen LogP contribution in [0.4, 0.5) is 74.0 Å². The first-order valence-electron chi connectivity index (χ1n) is 28.8. The number of carbonyl (C=O) groups is 3. The van der Waals surface area contributed by atoms with E-state index in [0.717, 1.165) is 22.0 Å². The third kappa shape index (κ3) is 18.7. The summed E-state index contributed by atoms with van der Waals surface area (Å²) in [6, 6.07) is 22.8. The van der Waals surface area contributed by atoms with E-state index in [9.17, 15) is 53.9 Å². The normalized spacial score (nSPS) is 18.6. The molecule has 12 rings (SSSR count). The summed E-state index contributed by atoms with van der Waals surface area (Å²) in [6.45, 7) is 7.78. The molecule has 9 aromatic rings. The summed E-state index contributed by atoms with van der Waals surface area (Å²) >= 11 is 17.9. The van der Waals surface area contributed by atoms with Gasteiger partial charge in [0.15, 0.2) is 0 Å². The zero-order chi connectivity index (χ0) is 68.6. The lowest BCUT2D eigenvalue weighted by atomic mass is 10.1. The number of carbonyl (C=O) groups excluding carboxylic acids is 3. The summed E-state index contributed by atoms with van der Waals surface area (Å²) in [5.41, 5.74) is -6.81. The molecule has 3 fully saturated rings. The molecule has 504 valence electrons. The Morgan fingerprint density at radius 1 is 0.479 bits per heavy atom. The molecule has 6 aromatic heterocycles. The highest BCUT2D eigenvalue weighted by Crippen LogP contribution is 2.39. The van der Waals surface area contributed by atoms with Crippen molar-refractivity contribution < 1.29 is 68.1 Å². The molecular weight excluding hydrogens is 1400 g/mol. The molecule has 9 heterocycles. The topological polar surface area (TPSA) is 215 Å². The molecule has 3 amide bonds. The van der Waals surface area contributed by atoms with Gasteiger partial charge in [-0.1, -0.05) is 20.8 Å². The lowest BCUT2D eigenvalue weighted by Gasteiger charge is -2.20. The molecule has 3 aliphatic heterocycles. The Balaban J connectivity index is 0.000000157. The number of hydrogen-bond donors (Lipinski definition) is 3. The average Bonchev–Trinajstić information content (AvgIpc) is 1.52. The Labute approximate surface area is 569 Å². The third-order valence-electron chi connectivity index (χ3n) is 14.9. The van der Waals surface area contributed by atoms with Gasteiger partial charge in [0.2, 0.25) is 0 Å². The minimum absolute atomic E-state index is 0.111. The largest absolute Gasteiger partial charge is 0.487 e. The Morgan fingerprint density at radius 3 is 1.18 bits per heavy atom. The average molecular weight is 1450 g/mol. The van der Waals surface area contributed by atoms with E-state index < -0.39 is 52.9 Å². The molecule has 3 aromatic carbocycles. The molecule has 3 N–H and O–H groups in total. The van der Waals surface area contributed by atoms with Crippen molar-refractivity contribution in [3.05, 3.63) is 156 Å². The van der Waals surface area contributed by atoms with Crippen LogP contribution in [0, 0.1) is 17.8 Å². The van der Waals surface area contributed by atoms with E-state index >= 15 is 0 Å². The molecule has 19 nitrogen and oxygen atoms in total. The molecule has 6 atom stereocenters. The maximum atomic E-state index is 14.1. The number of pyridine rings is 3. The summed E-state index contributed by atoms with van der Waals surface area (Å²) < 4.78 is 144. The highest BCUT2D eigenvalue weighted by atomic mass is 35.5. The molecule has 0 aliphatic carbocycles. The van der Waals surface area contributed by atoms with Gasteiger partial charge in [0, 0.05) is 142 Å². The highest BCUT2D eigenvalue weighted by molar-refractivity contribution is 7.09. The Bertz CT molecular complexity index is 3670. The molecule has 6 unspecified atom stereocenters. The van der Waals surface area contributed by atoms with Gasteiger partial charge in [-0.15, -0.1) is 26.3 Å². The second kappa shape index (κ2) is 30.2. The predicted molar refractivity (Wildman–Crippen MR) is 350 cm³/mol. The van der Waals surface area contributed by atoms with E-state index in [0.29, 0.717) is 75.8 Å². The van der Waals surface area contributed by atoms with Gasteiger partial charge in [-0.2, -0.15) is 4.37 Å². The monoisotopic (exact) mass is 1450 g/mol. The van der Waals surface area contributed by atoms with Crippen LogP contribution in [0.15, 0.2) is 140 Å². The van der Waals surface area contributed by atoms with Crippen molar-refractivity contribution in [1.29, 1.82) is 0 Å². The van der Waals surface area contributed by atoms with Gasteiger partial charge in [-0.3, -0.25) is 14.4 Å². The number of halogens is 12. The van der Waals surface area contributed by atoms with Gasteiger partial charge in [0.1, 0.15) is 64.6 Å². The van der Waals surface area contributed by atoms with E-state index in [-0.39, 0.29) is 71.3 Å². The number of nitrogens with one attached hydrogen (secondary N) is 3. The number of benzene rings is 3. The first kappa shape index (κ1) is 70.2. The minimum atomic E-state index is -3.82. The third-order valence-corrected chi connectivity index (χ3v) is 17.2. The number of ether oxygens (including phenoxy) is 3. The van der Waals surface area contributed by atoms with E-state index in [4.69, 9.17) is 34.8 Å². The smallest absolute Gasteiger partial charge is 0.420 e. The molecular formula is C62H53Cl3F9N13O6S3. The van der Waals surface area contributed by atoms with Crippen LogP contribution in [-0.2, 0) is 0 Å². The number of anilines is 6. The van der Waals surface area contributed by atoms with Gasteiger partial charge in [-0.25, -0.2) is 41.9 Å². The molecule has 0 radical (unpaired) electrons. The zero-order valence-electron chi connectivity index (χ0n) is 50.2. The lowest BCUT2D eigenvalue weighted by Crippen LogP contribution is -2.23. The molecule has 0 saturated carbocycles. The summed E-state index contributed by atoms with van der Waals surface area (Å²) in [7, 11) is 0. The molecule has 96 heavy (non-hydrogen) atoms. The molecule has 0 bridgehead atoms. The van der Waals surface area contributed by atoms with E-state index in [1.807, 2.05) is 46.9 Å². The van der Waals surface area contributed by atoms with Crippen LogP contribution in [0.5, 0.6) is 17.2 Å². The van der Waals surface area contributed by atoms with Gasteiger partial charge in [0.25, 0.3) is 17.7 Å². The van der Waals surface area contributed by atoms with Crippen LogP contribution in [0.2, 0.25) is 0 Å². The quantitative estimate of drug-likeness (QED) is 0.0538. The van der Waals surface area contributed by atoms with Gasteiger partial charge < -0.3 is 44.9 Å². The maximum Gasteiger partial charge on any atom is 0.487 e. The Kier molecular flexibility index (Phi) is 22.1. The zero-order valence-corrected chi connectivity index (χ0v) is 54.9. The molecule has 3 aliphatic rings. The Hall–Kier alpha value is -8.62. The van der Waals surface area contributed by atoms with Crippen molar-refractivity contribution in [3.63, 3.8) is 0 Å². The Morgan fingerprint density at radius 2 is 0.854 bits per heavy atom. The van der Waals surface area contributed by atoms with Gasteiger partial charge in [-0.05, 0) is 132 Å². The second-order valence-electron chi connectivity index (χ2n) is 22.1. The minimum Gasteiger partial charge on any atom is -0.420 e. The highest BCUT2D eigenvalue weighted by Gasteiger charge is 2.36. The van der Waals surface area contributed by atoms with Crippen LogP contribution in [-0.4, -0.2) is 125 Å². The van der Waals surface area contributed by atoms with Crippen LogP contribution in [0.1, 0.15) is 51.8 Å². The first-order chi connectivity index (χ1) is 45.6. The maximum absolute atomic E-state index is 14.1. The van der Waals surface area contributed by atoms with Crippen LogP contribution in [0.25, 0.3) is 32.1 Å². The predicted octanol–water partition coefficient (Wildman–Crippen LogP) is 15.7. The van der Waals surface area contributed by atoms with Crippen molar-refractivity contribution in [1.82, 2.24) is 33.1 Å². The number of rotatable bonds is 18. The van der Waals surface area contributed by atoms with Crippen LogP contribution >= 0.6 is 69.4 Å². The molecule has 0 spiro atoms. The fourth-order valence-corrected chi connectivity index (χ4v) is 12.1. The van der Waals surface area contributed by atoms with Gasteiger partial charge >= 0.3 is 16.7 Å². The van der Waals surface area contributed by atoms with Crippen LogP contribution < -0.4 is 44.9 Å². The second-order valence-corrected chi connectivity index (χ2v) is 25.7. The SMILES string of the molecule is CC1CN(c2ncc(C(=O)Nc3ccc(OC(F)(F)Cl)cc3)cc2-c2ccns2)CC1F.CC1CN(c2ncc(C(=O)Nc3ccc(OC(F)(F)Cl)cc3)cc2-c2cnsc2)CC1F.CC1CN(c2ncc(C(=O)Nc3ccc(OC(F)(F)Cl)cc3)cc2-c2ncns2)CC1F.